The average molecular weight is 386 g/mol. The minimum absolute atomic E-state index is 0.0711. The zero-order chi connectivity index (χ0) is 20.1. The molecule has 3 aromatic rings. The number of aryl methyl sites for hydroxylation is 1. The lowest BCUT2D eigenvalue weighted by atomic mass is 10.1. The summed E-state index contributed by atoms with van der Waals surface area (Å²) in [6.07, 6.45) is -4.49. The number of benzene rings is 2. The van der Waals surface area contributed by atoms with Crippen LogP contribution in [-0.2, 0) is 12.7 Å². The van der Waals surface area contributed by atoms with E-state index >= 15 is 0 Å². The van der Waals surface area contributed by atoms with Crippen LogP contribution in [0, 0.1) is 6.92 Å². The number of anilines is 2. The zero-order valence-corrected chi connectivity index (χ0v) is 14.9. The molecule has 0 unspecified atom stereocenters. The van der Waals surface area contributed by atoms with Crippen molar-refractivity contribution < 1.29 is 18.0 Å². The molecule has 0 aliphatic heterocycles. The molecule has 1 aromatic heterocycles. The molecule has 0 aliphatic rings. The Balaban J connectivity index is 1.65. The molecule has 144 valence electrons. The number of nitrogens with zero attached hydrogens (tertiary/aromatic N) is 2. The fourth-order valence-corrected chi connectivity index (χ4v) is 2.48. The highest BCUT2D eigenvalue weighted by molar-refractivity contribution is 5.92. The predicted octanol–water partition coefficient (Wildman–Crippen LogP) is 4.48. The van der Waals surface area contributed by atoms with Crippen molar-refractivity contribution in [3.8, 4) is 0 Å². The normalized spacial score (nSPS) is 11.1. The molecular weight excluding hydrogens is 369 g/mol. The number of hydrogen-bond donors (Lipinski definition) is 2. The van der Waals surface area contributed by atoms with Crippen LogP contribution in [-0.4, -0.2) is 16.1 Å². The van der Waals surface area contributed by atoms with Gasteiger partial charge in [-0.2, -0.15) is 13.2 Å². The Labute approximate surface area is 159 Å². The molecule has 0 aliphatic carbocycles. The number of para-hydroxylation sites is 1. The molecule has 2 N–H and O–H groups in total. The Morgan fingerprint density at radius 3 is 2.32 bits per heavy atom. The fraction of sp³-hybridized carbons (Fsp3) is 0.150. The van der Waals surface area contributed by atoms with Gasteiger partial charge in [0.1, 0.15) is 0 Å². The summed E-state index contributed by atoms with van der Waals surface area (Å²) < 4.78 is 39.1. The number of hydrogen-bond acceptors (Lipinski definition) is 4. The van der Waals surface area contributed by atoms with Crippen LogP contribution in [0.15, 0.2) is 60.7 Å². The second-order valence-electron chi connectivity index (χ2n) is 6.14. The minimum Gasteiger partial charge on any atom is -0.347 e. The van der Waals surface area contributed by atoms with E-state index in [1.54, 1.807) is 0 Å². The highest BCUT2D eigenvalue weighted by Gasteiger charge is 2.33. The van der Waals surface area contributed by atoms with E-state index in [0.29, 0.717) is 6.54 Å². The first kappa shape index (κ1) is 19.3. The van der Waals surface area contributed by atoms with Crippen molar-refractivity contribution in [3.63, 3.8) is 0 Å². The molecule has 2 aromatic carbocycles. The fourth-order valence-electron chi connectivity index (χ4n) is 2.48. The van der Waals surface area contributed by atoms with Gasteiger partial charge in [0.25, 0.3) is 5.91 Å². The van der Waals surface area contributed by atoms with Gasteiger partial charge in [-0.25, -0.2) is 0 Å². The number of nitrogens with one attached hydrogen (secondary N) is 2. The molecule has 0 atom stereocenters. The molecule has 0 fully saturated rings. The summed E-state index contributed by atoms with van der Waals surface area (Å²) in [5.74, 6) is -0.317. The van der Waals surface area contributed by atoms with Crippen molar-refractivity contribution in [2.75, 3.05) is 5.32 Å². The molecule has 0 saturated carbocycles. The van der Waals surface area contributed by atoms with Gasteiger partial charge < -0.3 is 10.6 Å². The quantitative estimate of drug-likeness (QED) is 0.679. The van der Waals surface area contributed by atoms with Gasteiger partial charge in [-0.05, 0) is 36.8 Å². The monoisotopic (exact) mass is 386 g/mol. The van der Waals surface area contributed by atoms with E-state index in [1.165, 1.54) is 30.3 Å². The third-order valence-electron chi connectivity index (χ3n) is 3.97. The summed E-state index contributed by atoms with van der Waals surface area (Å²) in [4.78, 5) is 12.2. The molecule has 0 saturated heterocycles. The maximum atomic E-state index is 13.0. The van der Waals surface area contributed by atoms with Crippen molar-refractivity contribution in [2.24, 2.45) is 0 Å². The summed E-state index contributed by atoms with van der Waals surface area (Å²) in [5, 5.41) is 12.9. The maximum Gasteiger partial charge on any atom is 0.418 e. The van der Waals surface area contributed by atoms with E-state index in [0.717, 1.165) is 17.2 Å². The van der Waals surface area contributed by atoms with Gasteiger partial charge in [-0.15, -0.1) is 10.2 Å². The highest BCUT2D eigenvalue weighted by Crippen LogP contribution is 2.35. The SMILES string of the molecule is Cc1ccc(CNC(=O)c2ccc(Nc3ccccc3C(F)(F)F)nn2)cc1. The van der Waals surface area contributed by atoms with Gasteiger partial charge in [0.05, 0.1) is 11.3 Å². The molecule has 5 nitrogen and oxygen atoms in total. The maximum absolute atomic E-state index is 13.0. The highest BCUT2D eigenvalue weighted by atomic mass is 19.4. The Morgan fingerprint density at radius 2 is 1.68 bits per heavy atom. The molecule has 3 rings (SSSR count). The zero-order valence-electron chi connectivity index (χ0n) is 14.9. The Morgan fingerprint density at radius 1 is 0.964 bits per heavy atom. The second kappa shape index (κ2) is 8.08. The van der Waals surface area contributed by atoms with Crippen LogP contribution >= 0.6 is 0 Å². The van der Waals surface area contributed by atoms with E-state index < -0.39 is 17.6 Å². The molecule has 0 radical (unpaired) electrons. The third-order valence-corrected chi connectivity index (χ3v) is 3.97. The van der Waals surface area contributed by atoms with Crippen LogP contribution in [0.4, 0.5) is 24.7 Å². The van der Waals surface area contributed by atoms with Crippen molar-refractivity contribution in [1.29, 1.82) is 0 Å². The summed E-state index contributed by atoms with van der Waals surface area (Å²) in [5.41, 5.74) is 1.18. The number of halogens is 3. The second-order valence-corrected chi connectivity index (χ2v) is 6.14. The summed E-state index contributed by atoms with van der Waals surface area (Å²) in [6, 6.07) is 15.6. The van der Waals surface area contributed by atoms with Crippen LogP contribution in [0.1, 0.15) is 27.2 Å². The van der Waals surface area contributed by atoms with Crippen LogP contribution in [0.5, 0.6) is 0 Å². The van der Waals surface area contributed by atoms with Gasteiger partial charge in [0.15, 0.2) is 11.5 Å². The molecule has 0 bridgehead atoms. The largest absolute Gasteiger partial charge is 0.418 e. The smallest absolute Gasteiger partial charge is 0.347 e. The number of carbonyl (C=O) groups excluding carboxylic acids is 1. The number of amides is 1. The van der Waals surface area contributed by atoms with Crippen molar-refractivity contribution in [2.45, 2.75) is 19.6 Å². The van der Waals surface area contributed by atoms with Crippen LogP contribution in [0.25, 0.3) is 0 Å². The number of alkyl halides is 3. The lowest BCUT2D eigenvalue weighted by molar-refractivity contribution is -0.136. The molecule has 8 heteroatoms. The van der Waals surface area contributed by atoms with E-state index in [4.69, 9.17) is 0 Å². The van der Waals surface area contributed by atoms with Gasteiger partial charge in [0, 0.05) is 6.54 Å². The first-order chi connectivity index (χ1) is 13.3. The lowest BCUT2D eigenvalue weighted by Gasteiger charge is -2.13. The van der Waals surface area contributed by atoms with Crippen LogP contribution in [0.2, 0.25) is 0 Å². The average Bonchev–Trinajstić information content (AvgIpc) is 2.67. The van der Waals surface area contributed by atoms with Gasteiger partial charge >= 0.3 is 6.18 Å². The first-order valence-electron chi connectivity index (χ1n) is 8.43. The van der Waals surface area contributed by atoms with E-state index in [9.17, 15) is 18.0 Å². The summed E-state index contributed by atoms with van der Waals surface area (Å²) in [7, 11) is 0. The Hall–Kier alpha value is -3.42. The molecule has 1 amide bonds. The standard InChI is InChI=1S/C20H17F3N4O/c1-13-6-8-14(9-7-13)12-24-19(28)17-10-11-18(27-26-17)25-16-5-3-2-4-15(16)20(21,22)23/h2-11H,12H2,1H3,(H,24,28)(H,25,27). The van der Waals surface area contributed by atoms with Crippen LogP contribution < -0.4 is 10.6 Å². The molecule has 0 spiro atoms. The molecule has 1 heterocycles. The summed E-state index contributed by atoms with van der Waals surface area (Å²) >= 11 is 0. The number of carbonyl (C=O) groups is 1. The lowest BCUT2D eigenvalue weighted by Crippen LogP contribution is -2.24. The van der Waals surface area contributed by atoms with Crippen molar-refractivity contribution in [3.05, 3.63) is 83.0 Å². The summed E-state index contributed by atoms with van der Waals surface area (Å²) in [6.45, 7) is 2.31. The molecular formula is C20H17F3N4O. The van der Waals surface area contributed by atoms with Gasteiger partial charge in [-0.1, -0.05) is 42.0 Å². The van der Waals surface area contributed by atoms with Crippen molar-refractivity contribution >= 4 is 17.4 Å². The van der Waals surface area contributed by atoms with E-state index in [2.05, 4.69) is 20.8 Å². The van der Waals surface area contributed by atoms with Gasteiger partial charge in [0.2, 0.25) is 0 Å². The number of aromatic nitrogens is 2. The van der Waals surface area contributed by atoms with Crippen molar-refractivity contribution in [1.82, 2.24) is 15.5 Å². The molecule has 28 heavy (non-hydrogen) atoms. The topological polar surface area (TPSA) is 66.9 Å². The predicted molar refractivity (Wildman–Crippen MR) is 99.1 cm³/mol. The Kier molecular flexibility index (Phi) is 5.58. The number of rotatable bonds is 5. The first-order valence-corrected chi connectivity index (χ1v) is 8.43. The van der Waals surface area contributed by atoms with Crippen LogP contribution in [0.3, 0.4) is 0 Å². The van der Waals surface area contributed by atoms with Gasteiger partial charge in [-0.3, -0.25) is 4.79 Å². The third kappa shape index (κ3) is 4.85. The van der Waals surface area contributed by atoms with E-state index in [1.807, 2.05) is 31.2 Å². The Bertz CT molecular complexity index is 954. The van der Waals surface area contributed by atoms with E-state index in [-0.39, 0.29) is 17.2 Å². The minimum atomic E-state index is -4.49.